The summed E-state index contributed by atoms with van der Waals surface area (Å²) in [5, 5.41) is 21.2. The van der Waals surface area contributed by atoms with Crippen LogP contribution in [0.3, 0.4) is 0 Å². The van der Waals surface area contributed by atoms with Gasteiger partial charge in [-0.3, -0.25) is 9.59 Å². The van der Waals surface area contributed by atoms with E-state index in [0.29, 0.717) is 0 Å². The molecular weight excluding hydrogens is 448 g/mol. The number of nitrogens with zero attached hydrogens (tertiary/aromatic N) is 1. The first-order valence-corrected chi connectivity index (χ1v) is 12.2. The smallest absolute Gasteiger partial charge is 0.407 e. The molecule has 0 radical (unpaired) electrons. The van der Waals surface area contributed by atoms with Gasteiger partial charge in [0.1, 0.15) is 13.2 Å². The van der Waals surface area contributed by atoms with E-state index in [1.165, 1.54) is 0 Å². The molecule has 35 heavy (non-hydrogen) atoms. The quantitative estimate of drug-likeness (QED) is 0.507. The number of hydrogen-bond acceptors (Lipinski definition) is 5. The molecule has 8 heteroatoms. The van der Waals surface area contributed by atoms with Gasteiger partial charge in [-0.2, -0.15) is 0 Å². The van der Waals surface area contributed by atoms with Gasteiger partial charge in [-0.1, -0.05) is 61.4 Å². The predicted molar refractivity (Wildman–Crippen MR) is 130 cm³/mol. The van der Waals surface area contributed by atoms with Crippen LogP contribution in [-0.2, 0) is 14.3 Å². The molecule has 0 heterocycles. The van der Waals surface area contributed by atoms with Gasteiger partial charge in [0.2, 0.25) is 5.91 Å². The van der Waals surface area contributed by atoms with Gasteiger partial charge in [0.05, 0.1) is 6.61 Å². The van der Waals surface area contributed by atoms with Gasteiger partial charge in [0.25, 0.3) is 0 Å². The van der Waals surface area contributed by atoms with Crippen molar-refractivity contribution in [3.63, 3.8) is 0 Å². The number of aliphatic hydroxyl groups excluding tert-OH is 1. The summed E-state index contributed by atoms with van der Waals surface area (Å²) in [6, 6.07) is 16.1. The van der Waals surface area contributed by atoms with Gasteiger partial charge in [-0.05, 0) is 41.0 Å². The second-order valence-electron chi connectivity index (χ2n) is 9.26. The van der Waals surface area contributed by atoms with Crippen LogP contribution in [0.1, 0.15) is 49.1 Å². The highest BCUT2D eigenvalue weighted by atomic mass is 16.5. The Bertz CT molecular complexity index is 1030. The number of carbonyl (C=O) groups is 3. The number of nitrogens with one attached hydrogen (secondary N) is 1. The lowest BCUT2D eigenvalue weighted by Gasteiger charge is -2.33. The summed E-state index contributed by atoms with van der Waals surface area (Å²) in [5.74, 6) is -1.58. The van der Waals surface area contributed by atoms with Crippen LogP contribution in [0.15, 0.2) is 48.5 Å². The van der Waals surface area contributed by atoms with E-state index in [-0.39, 0.29) is 50.0 Å². The number of carboxylic acids is 1. The number of ether oxygens (including phenoxy) is 1. The molecule has 0 saturated heterocycles. The number of carboxylic acid groups (broad SMARTS) is 1. The number of carbonyl (C=O) groups excluding carboxylic acids is 2. The molecule has 2 aromatic carbocycles. The third-order valence-electron chi connectivity index (χ3n) is 7.04. The van der Waals surface area contributed by atoms with E-state index in [1.54, 1.807) is 0 Å². The first-order valence-electron chi connectivity index (χ1n) is 12.2. The van der Waals surface area contributed by atoms with Crippen LogP contribution in [0.4, 0.5) is 4.79 Å². The Morgan fingerprint density at radius 1 is 0.971 bits per heavy atom. The molecule has 0 aromatic heterocycles. The average Bonchev–Trinajstić information content (AvgIpc) is 3.17. The number of rotatable bonds is 9. The molecule has 186 valence electrons. The molecule has 2 aromatic rings. The average molecular weight is 481 g/mol. The SMILES string of the molecule is O=C(O)CN(CCO)C(=O)C[C@H]1CCCC[C@H]1NC(=O)OCC1c2ccccc2-c2ccccc21. The lowest BCUT2D eigenvalue weighted by Crippen LogP contribution is -2.45. The van der Waals surface area contributed by atoms with E-state index in [9.17, 15) is 19.5 Å². The third kappa shape index (κ3) is 5.82. The fraction of sp³-hybridized carbons (Fsp3) is 0.444. The van der Waals surface area contributed by atoms with Crippen molar-refractivity contribution in [1.82, 2.24) is 10.2 Å². The zero-order valence-corrected chi connectivity index (χ0v) is 19.7. The summed E-state index contributed by atoms with van der Waals surface area (Å²) in [4.78, 5) is 37.7. The third-order valence-corrected chi connectivity index (χ3v) is 7.04. The maximum absolute atomic E-state index is 12.8. The molecule has 1 saturated carbocycles. The summed E-state index contributed by atoms with van der Waals surface area (Å²) in [5.41, 5.74) is 4.61. The largest absolute Gasteiger partial charge is 0.480 e. The lowest BCUT2D eigenvalue weighted by atomic mass is 9.82. The van der Waals surface area contributed by atoms with Crippen molar-refractivity contribution >= 4 is 18.0 Å². The molecule has 8 nitrogen and oxygen atoms in total. The van der Waals surface area contributed by atoms with E-state index in [0.717, 1.165) is 52.8 Å². The Morgan fingerprint density at radius 2 is 1.60 bits per heavy atom. The van der Waals surface area contributed by atoms with E-state index in [2.05, 4.69) is 29.6 Å². The molecule has 3 N–H and O–H groups in total. The maximum atomic E-state index is 12.8. The topological polar surface area (TPSA) is 116 Å². The molecule has 0 bridgehead atoms. The Hall–Kier alpha value is -3.39. The van der Waals surface area contributed by atoms with Crippen LogP contribution in [0, 0.1) is 5.92 Å². The zero-order valence-electron chi connectivity index (χ0n) is 19.7. The molecule has 4 rings (SSSR count). The van der Waals surface area contributed by atoms with Crippen molar-refractivity contribution < 1.29 is 29.3 Å². The van der Waals surface area contributed by atoms with Crippen LogP contribution in [0.5, 0.6) is 0 Å². The number of fused-ring (bicyclic) bond motifs is 3. The number of hydrogen-bond donors (Lipinski definition) is 3. The molecular formula is C27H32N2O6. The number of aliphatic hydroxyl groups is 1. The van der Waals surface area contributed by atoms with E-state index in [1.807, 2.05) is 24.3 Å². The van der Waals surface area contributed by atoms with Gasteiger partial charge in [0.15, 0.2) is 0 Å². The summed E-state index contributed by atoms with van der Waals surface area (Å²) in [6.45, 7) is -0.552. The van der Waals surface area contributed by atoms with Crippen LogP contribution < -0.4 is 5.32 Å². The van der Waals surface area contributed by atoms with Crippen molar-refractivity contribution in [2.45, 2.75) is 44.1 Å². The van der Waals surface area contributed by atoms with E-state index >= 15 is 0 Å². The standard InChI is InChI=1S/C27H32N2O6/c30-14-13-29(16-26(32)33)25(31)15-18-7-1-6-12-24(18)28-27(34)35-17-23-21-10-4-2-8-19(21)20-9-3-5-11-22(20)23/h2-5,8-11,18,23-24,30H,1,6-7,12-17H2,(H,28,34)(H,32,33)/t18-,24-/m1/s1. The fourth-order valence-electron chi connectivity index (χ4n) is 5.36. The highest BCUT2D eigenvalue weighted by Crippen LogP contribution is 2.44. The number of benzene rings is 2. The minimum atomic E-state index is -1.12. The van der Waals surface area contributed by atoms with Gasteiger partial charge < -0.3 is 25.2 Å². The van der Waals surface area contributed by atoms with Crippen molar-refractivity contribution in [3.8, 4) is 11.1 Å². The summed E-state index contributed by atoms with van der Waals surface area (Å²) < 4.78 is 5.68. The van der Waals surface area contributed by atoms with Gasteiger partial charge in [-0.25, -0.2) is 4.79 Å². The first-order chi connectivity index (χ1) is 17.0. The molecule has 0 aliphatic heterocycles. The molecule has 0 unspecified atom stereocenters. The normalized spacial score (nSPS) is 18.9. The molecule has 2 aliphatic rings. The van der Waals surface area contributed by atoms with Gasteiger partial charge in [-0.15, -0.1) is 0 Å². The molecule has 2 aliphatic carbocycles. The zero-order chi connectivity index (χ0) is 24.8. The van der Waals surface area contributed by atoms with Crippen LogP contribution in [0.2, 0.25) is 0 Å². The van der Waals surface area contributed by atoms with Crippen LogP contribution in [0.25, 0.3) is 11.1 Å². The summed E-state index contributed by atoms with van der Waals surface area (Å²) in [7, 11) is 0. The minimum absolute atomic E-state index is 0.0255. The highest BCUT2D eigenvalue weighted by Gasteiger charge is 2.32. The molecule has 2 atom stereocenters. The second-order valence-corrected chi connectivity index (χ2v) is 9.26. The van der Waals surface area contributed by atoms with Crippen LogP contribution >= 0.6 is 0 Å². The first kappa shape index (κ1) is 24.7. The maximum Gasteiger partial charge on any atom is 0.407 e. The minimum Gasteiger partial charge on any atom is -0.480 e. The Balaban J connectivity index is 1.36. The Morgan fingerprint density at radius 3 is 2.23 bits per heavy atom. The number of alkyl carbamates (subject to hydrolysis) is 1. The fourth-order valence-corrected chi connectivity index (χ4v) is 5.36. The van der Waals surface area contributed by atoms with Gasteiger partial charge in [0, 0.05) is 24.9 Å². The Labute approximate surface area is 204 Å². The molecule has 2 amide bonds. The summed E-state index contributed by atoms with van der Waals surface area (Å²) in [6.07, 6.45) is 3.01. The van der Waals surface area contributed by atoms with E-state index < -0.39 is 18.6 Å². The molecule has 0 spiro atoms. The van der Waals surface area contributed by atoms with Crippen molar-refractivity contribution in [2.24, 2.45) is 5.92 Å². The van der Waals surface area contributed by atoms with E-state index in [4.69, 9.17) is 9.84 Å². The highest BCUT2D eigenvalue weighted by molar-refractivity contribution is 5.82. The summed E-state index contributed by atoms with van der Waals surface area (Å²) >= 11 is 0. The Kier molecular flexibility index (Phi) is 8.02. The number of aliphatic carboxylic acids is 1. The second kappa shape index (κ2) is 11.4. The van der Waals surface area contributed by atoms with Crippen molar-refractivity contribution in [2.75, 3.05) is 26.3 Å². The van der Waals surface area contributed by atoms with Gasteiger partial charge >= 0.3 is 12.1 Å². The lowest BCUT2D eigenvalue weighted by molar-refractivity contribution is -0.145. The van der Waals surface area contributed by atoms with Crippen molar-refractivity contribution in [3.05, 3.63) is 59.7 Å². The predicted octanol–water partition coefficient (Wildman–Crippen LogP) is 3.38. The number of amides is 2. The molecule has 1 fully saturated rings. The monoisotopic (exact) mass is 480 g/mol. The van der Waals surface area contributed by atoms with Crippen molar-refractivity contribution in [1.29, 1.82) is 0 Å². The van der Waals surface area contributed by atoms with Crippen LogP contribution in [-0.4, -0.2) is 65.4 Å².